The van der Waals surface area contributed by atoms with E-state index in [0.717, 1.165) is 60.7 Å². The van der Waals surface area contributed by atoms with Crippen LogP contribution in [0.3, 0.4) is 0 Å². The number of fused-ring (bicyclic) bond motifs is 1. The van der Waals surface area contributed by atoms with Crippen LogP contribution in [0.2, 0.25) is 0 Å². The van der Waals surface area contributed by atoms with Crippen molar-refractivity contribution < 1.29 is 0 Å². The molecule has 0 radical (unpaired) electrons. The average Bonchev–Trinajstić information content (AvgIpc) is 2.97. The normalized spacial score (nSPS) is 15.6. The third kappa shape index (κ3) is 3.23. The molecule has 25 heavy (non-hydrogen) atoms. The average molecular weight is 356 g/mol. The molecule has 0 atom stereocenters. The van der Waals surface area contributed by atoms with Crippen molar-refractivity contribution in [1.82, 2.24) is 29.5 Å². The highest BCUT2D eigenvalue weighted by Crippen LogP contribution is 2.22. The molecule has 9 heteroatoms. The van der Waals surface area contributed by atoms with Crippen molar-refractivity contribution in [3.63, 3.8) is 0 Å². The second-order valence-electron chi connectivity index (χ2n) is 5.99. The molecule has 1 saturated heterocycles. The molecule has 0 amide bonds. The van der Waals surface area contributed by atoms with E-state index in [4.69, 9.17) is 0 Å². The summed E-state index contributed by atoms with van der Waals surface area (Å²) in [6, 6.07) is 2.06. The van der Waals surface area contributed by atoms with E-state index in [0.29, 0.717) is 0 Å². The van der Waals surface area contributed by atoms with Crippen LogP contribution in [0.15, 0.2) is 29.9 Å². The molecule has 3 aromatic heterocycles. The zero-order chi connectivity index (χ0) is 17.2. The monoisotopic (exact) mass is 356 g/mol. The molecule has 0 aliphatic carbocycles. The van der Waals surface area contributed by atoms with Crippen LogP contribution in [0.5, 0.6) is 0 Å². The topological polar surface area (TPSA) is 75.3 Å². The van der Waals surface area contributed by atoms with Crippen molar-refractivity contribution in [2.45, 2.75) is 18.5 Å². The SMILES string of the molecule is CSc1nc(C)cc(N2CCCN(c3nccn4cnnc34)CC2)n1. The number of anilines is 2. The fourth-order valence-electron chi connectivity index (χ4n) is 3.11. The van der Waals surface area contributed by atoms with Crippen molar-refractivity contribution in [2.75, 3.05) is 42.2 Å². The Bertz CT molecular complexity index is 879. The van der Waals surface area contributed by atoms with E-state index in [9.17, 15) is 0 Å². The molecule has 0 unspecified atom stereocenters. The molecule has 4 heterocycles. The molecular weight excluding hydrogens is 336 g/mol. The molecule has 0 bridgehead atoms. The summed E-state index contributed by atoms with van der Waals surface area (Å²) in [6.07, 6.45) is 8.42. The van der Waals surface area contributed by atoms with Crippen LogP contribution in [0, 0.1) is 6.92 Å². The molecule has 3 aromatic rings. The largest absolute Gasteiger partial charge is 0.355 e. The summed E-state index contributed by atoms with van der Waals surface area (Å²) in [5.41, 5.74) is 1.81. The molecule has 1 aliphatic rings. The van der Waals surface area contributed by atoms with Gasteiger partial charge in [-0.3, -0.25) is 4.40 Å². The Morgan fingerprint density at radius 3 is 2.80 bits per heavy atom. The van der Waals surface area contributed by atoms with Crippen LogP contribution in [0.25, 0.3) is 5.65 Å². The minimum absolute atomic E-state index is 0.804. The van der Waals surface area contributed by atoms with Crippen LogP contribution in [-0.2, 0) is 0 Å². The van der Waals surface area contributed by atoms with Gasteiger partial charge in [-0.15, -0.1) is 10.2 Å². The maximum Gasteiger partial charge on any atom is 0.203 e. The van der Waals surface area contributed by atoms with Gasteiger partial charge in [0.1, 0.15) is 12.1 Å². The molecule has 8 nitrogen and oxygen atoms in total. The third-order valence-electron chi connectivity index (χ3n) is 4.32. The fourth-order valence-corrected chi connectivity index (χ4v) is 3.53. The van der Waals surface area contributed by atoms with Crippen molar-refractivity contribution >= 4 is 29.0 Å². The summed E-state index contributed by atoms with van der Waals surface area (Å²) in [7, 11) is 0. The second-order valence-corrected chi connectivity index (χ2v) is 6.77. The highest BCUT2D eigenvalue weighted by molar-refractivity contribution is 7.98. The smallest absolute Gasteiger partial charge is 0.203 e. The summed E-state index contributed by atoms with van der Waals surface area (Å²) >= 11 is 1.58. The minimum atomic E-state index is 0.804. The highest BCUT2D eigenvalue weighted by atomic mass is 32.2. The number of hydrogen-bond donors (Lipinski definition) is 0. The summed E-state index contributed by atoms with van der Waals surface area (Å²) in [5.74, 6) is 1.90. The summed E-state index contributed by atoms with van der Waals surface area (Å²) in [6.45, 7) is 5.69. The predicted octanol–water partition coefficient (Wildman–Crippen LogP) is 1.66. The summed E-state index contributed by atoms with van der Waals surface area (Å²) in [4.78, 5) is 18.3. The van der Waals surface area contributed by atoms with E-state index in [1.165, 1.54) is 0 Å². The predicted molar refractivity (Wildman–Crippen MR) is 98.4 cm³/mol. The van der Waals surface area contributed by atoms with Gasteiger partial charge in [0, 0.05) is 50.3 Å². The van der Waals surface area contributed by atoms with Gasteiger partial charge in [-0.1, -0.05) is 11.8 Å². The highest BCUT2D eigenvalue weighted by Gasteiger charge is 2.20. The fraction of sp³-hybridized carbons (Fsp3) is 0.438. The van der Waals surface area contributed by atoms with Gasteiger partial charge in [0.05, 0.1) is 0 Å². The van der Waals surface area contributed by atoms with Gasteiger partial charge in [0.2, 0.25) is 5.65 Å². The number of aryl methyl sites for hydroxylation is 1. The van der Waals surface area contributed by atoms with Gasteiger partial charge < -0.3 is 9.80 Å². The zero-order valence-electron chi connectivity index (χ0n) is 14.3. The molecule has 0 aromatic carbocycles. The van der Waals surface area contributed by atoms with Crippen LogP contribution < -0.4 is 9.80 Å². The Labute approximate surface area is 150 Å². The molecule has 0 saturated carbocycles. The number of hydrogen-bond acceptors (Lipinski definition) is 8. The lowest BCUT2D eigenvalue weighted by Gasteiger charge is -2.23. The summed E-state index contributed by atoms with van der Waals surface area (Å²) in [5, 5.41) is 9.02. The van der Waals surface area contributed by atoms with E-state index in [2.05, 4.69) is 41.0 Å². The number of thioether (sulfide) groups is 1. The van der Waals surface area contributed by atoms with E-state index >= 15 is 0 Å². The van der Waals surface area contributed by atoms with E-state index < -0.39 is 0 Å². The Hall–Kier alpha value is -2.42. The molecular formula is C16H20N8S. The van der Waals surface area contributed by atoms with E-state index in [1.807, 2.05) is 23.8 Å². The number of rotatable bonds is 3. The van der Waals surface area contributed by atoms with Crippen molar-refractivity contribution in [3.05, 3.63) is 30.5 Å². The Balaban J connectivity index is 1.56. The maximum atomic E-state index is 4.67. The Morgan fingerprint density at radius 2 is 1.92 bits per heavy atom. The molecule has 4 rings (SSSR count). The first-order valence-electron chi connectivity index (χ1n) is 8.28. The Kier molecular flexibility index (Phi) is 4.39. The molecule has 1 fully saturated rings. The summed E-state index contributed by atoms with van der Waals surface area (Å²) < 4.78 is 1.91. The van der Waals surface area contributed by atoms with Crippen LogP contribution in [0.1, 0.15) is 12.1 Å². The van der Waals surface area contributed by atoms with E-state index in [-0.39, 0.29) is 0 Å². The number of nitrogens with zero attached hydrogens (tertiary/aromatic N) is 8. The van der Waals surface area contributed by atoms with Gasteiger partial charge in [-0.2, -0.15) is 0 Å². The first-order valence-corrected chi connectivity index (χ1v) is 9.51. The third-order valence-corrected chi connectivity index (χ3v) is 4.87. The van der Waals surface area contributed by atoms with Gasteiger partial charge in [-0.05, 0) is 19.6 Å². The lowest BCUT2D eigenvalue weighted by atomic mass is 10.3. The van der Waals surface area contributed by atoms with Crippen molar-refractivity contribution in [2.24, 2.45) is 0 Å². The maximum absolute atomic E-state index is 4.67. The van der Waals surface area contributed by atoms with E-state index in [1.54, 1.807) is 24.3 Å². The lowest BCUT2D eigenvalue weighted by molar-refractivity contribution is 0.779. The van der Waals surface area contributed by atoms with Gasteiger partial charge >= 0.3 is 0 Å². The van der Waals surface area contributed by atoms with Gasteiger partial charge in [-0.25, -0.2) is 15.0 Å². The molecule has 1 aliphatic heterocycles. The quantitative estimate of drug-likeness (QED) is 0.518. The molecule has 0 spiro atoms. The van der Waals surface area contributed by atoms with Crippen LogP contribution in [-0.4, -0.2) is 62.0 Å². The van der Waals surface area contributed by atoms with Crippen LogP contribution >= 0.6 is 11.8 Å². The second kappa shape index (κ2) is 6.83. The Morgan fingerprint density at radius 1 is 1.08 bits per heavy atom. The van der Waals surface area contributed by atoms with Crippen molar-refractivity contribution in [1.29, 1.82) is 0 Å². The zero-order valence-corrected chi connectivity index (χ0v) is 15.1. The van der Waals surface area contributed by atoms with Crippen LogP contribution in [0.4, 0.5) is 11.6 Å². The molecule has 130 valence electrons. The van der Waals surface area contributed by atoms with Gasteiger partial charge in [0.15, 0.2) is 11.0 Å². The standard InChI is InChI=1S/C16H20N8S/c1-12-10-13(20-16(19-12)25-2)22-5-3-6-23(9-8-22)14-15-21-18-11-24(15)7-4-17-14/h4,7,10-11H,3,5-6,8-9H2,1-2H3. The van der Waals surface area contributed by atoms with Gasteiger partial charge in [0.25, 0.3) is 0 Å². The lowest BCUT2D eigenvalue weighted by Crippen LogP contribution is -2.32. The first-order chi connectivity index (χ1) is 12.2. The van der Waals surface area contributed by atoms with Crippen molar-refractivity contribution in [3.8, 4) is 0 Å². The molecule has 0 N–H and O–H groups in total. The first kappa shape index (κ1) is 16.1. The number of aromatic nitrogens is 6. The minimum Gasteiger partial charge on any atom is -0.355 e.